The van der Waals surface area contributed by atoms with Crippen LogP contribution in [0.2, 0.25) is 0 Å². The molecule has 0 spiro atoms. The van der Waals surface area contributed by atoms with E-state index in [4.69, 9.17) is 23.2 Å². The van der Waals surface area contributed by atoms with E-state index in [-0.39, 0.29) is 0 Å². The van der Waals surface area contributed by atoms with Gasteiger partial charge in [-0.3, -0.25) is 0 Å². The number of hydrogen-bond acceptors (Lipinski definition) is 1. The summed E-state index contributed by atoms with van der Waals surface area (Å²) in [5, 5.41) is 9.57. The smallest absolute Gasteiger partial charge is 0.374 e. The largest absolute Gasteiger partial charge is 0.425 e. The van der Waals surface area contributed by atoms with Crippen LogP contribution in [0.3, 0.4) is 0 Å². The summed E-state index contributed by atoms with van der Waals surface area (Å²) in [5.41, 5.74) is -5.59. The van der Waals surface area contributed by atoms with Crippen LogP contribution < -0.4 is 0 Å². The molecule has 0 fully saturated rings. The highest BCUT2D eigenvalue weighted by Gasteiger charge is 2.76. The van der Waals surface area contributed by atoms with Gasteiger partial charge in [-0.05, 0) is 5.56 Å². The van der Waals surface area contributed by atoms with Crippen LogP contribution in [0.15, 0.2) is 30.3 Å². The quantitative estimate of drug-likeness (QED) is 0.638. The minimum atomic E-state index is -5.73. The van der Waals surface area contributed by atoms with Gasteiger partial charge in [-0.15, -0.1) is 0 Å². The lowest BCUT2D eigenvalue weighted by Gasteiger charge is -2.40. The second kappa shape index (κ2) is 4.71. The van der Waals surface area contributed by atoms with Gasteiger partial charge in [0.2, 0.25) is 5.60 Å². The van der Waals surface area contributed by atoms with E-state index in [1.165, 1.54) is 6.07 Å². The lowest BCUT2D eigenvalue weighted by Crippen LogP contribution is -2.61. The Hall–Kier alpha value is -0.660. The lowest BCUT2D eigenvalue weighted by atomic mass is 9.88. The molecule has 0 radical (unpaired) electrons. The van der Waals surface area contributed by atoms with Crippen molar-refractivity contribution in [1.29, 1.82) is 0 Å². The summed E-state index contributed by atoms with van der Waals surface area (Å²) in [5.74, 6) is 0. The monoisotopic (exact) mass is 326 g/mol. The maximum absolute atomic E-state index is 12.9. The average Bonchev–Trinajstić information content (AvgIpc) is 2.25. The van der Waals surface area contributed by atoms with Gasteiger partial charge in [-0.25, -0.2) is 0 Å². The normalized spacial score (nSPS) is 17.1. The van der Waals surface area contributed by atoms with Crippen molar-refractivity contribution in [3.8, 4) is 0 Å². The van der Waals surface area contributed by atoms with Gasteiger partial charge in [-0.1, -0.05) is 53.5 Å². The zero-order valence-corrected chi connectivity index (χ0v) is 10.4. The molecule has 0 saturated heterocycles. The van der Waals surface area contributed by atoms with Crippen LogP contribution in [-0.4, -0.2) is 21.8 Å². The number of halogens is 8. The third kappa shape index (κ3) is 2.51. The highest BCUT2D eigenvalue weighted by atomic mass is 35.5. The van der Waals surface area contributed by atoms with Crippen LogP contribution in [0, 0.1) is 0 Å². The van der Waals surface area contributed by atoms with Crippen molar-refractivity contribution in [3.63, 3.8) is 0 Å². The number of hydrogen-bond donors (Lipinski definition) is 1. The lowest BCUT2D eigenvalue weighted by molar-refractivity contribution is -0.306. The second-order valence-electron chi connectivity index (χ2n) is 3.65. The first-order chi connectivity index (χ1) is 8.36. The van der Waals surface area contributed by atoms with Crippen LogP contribution in [0.4, 0.5) is 26.3 Å². The standard InChI is InChI=1S/C10H6Cl2F6O/c11-8(12,10(16,17)18)7(19,9(13,14)15)6-4-2-1-3-5-6/h1-5,19H. The Morgan fingerprint density at radius 2 is 1.21 bits per heavy atom. The first kappa shape index (κ1) is 16.4. The fraction of sp³-hybridized carbons (Fsp3) is 0.400. The van der Waals surface area contributed by atoms with E-state index >= 15 is 0 Å². The van der Waals surface area contributed by atoms with Crippen LogP contribution in [-0.2, 0) is 5.60 Å². The molecule has 1 atom stereocenters. The Bertz CT molecular complexity index is 442. The number of aliphatic hydroxyl groups is 1. The molecular formula is C10H6Cl2F6O. The summed E-state index contributed by atoms with van der Waals surface area (Å²) in [7, 11) is 0. The van der Waals surface area contributed by atoms with Crippen molar-refractivity contribution >= 4 is 23.2 Å². The molecule has 0 amide bonds. The molecule has 0 aliphatic carbocycles. The van der Waals surface area contributed by atoms with E-state index in [1.807, 2.05) is 0 Å². The van der Waals surface area contributed by atoms with E-state index in [0.29, 0.717) is 12.1 Å². The SMILES string of the molecule is OC(c1ccccc1)(C(F)(F)F)C(Cl)(Cl)C(F)(F)F. The number of alkyl halides is 8. The molecule has 1 nitrogen and oxygen atoms in total. The van der Waals surface area contributed by atoms with Crippen molar-refractivity contribution in [1.82, 2.24) is 0 Å². The topological polar surface area (TPSA) is 20.2 Å². The Morgan fingerprint density at radius 3 is 1.53 bits per heavy atom. The molecule has 19 heavy (non-hydrogen) atoms. The fourth-order valence-corrected chi connectivity index (χ4v) is 1.84. The predicted octanol–water partition coefficient (Wildman–Crippen LogP) is 4.17. The molecule has 1 unspecified atom stereocenters. The summed E-state index contributed by atoms with van der Waals surface area (Å²) in [6, 6.07) is 4.61. The van der Waals surface area contributed by atoms with Gasteiger partial charge < -0.3 is 5.11 Å². The van der Waals surface area contributed by atoms with Crippen LogP contribution in [0.25, 0.3) is 0 Å². The molecule has 9 heteroatoms. The van der Waals surface area contributed by atoms with Crippen molar-refractivity contribution in [2.75, 3.05) is 0 Å². The first-order valence-corrected chi connectivity index (χ1v) is 5.40. The van der Waals surface area contributed by atoms with E-state index in [2.05, 4.69) is 0 Å². The molecular weight excluding hydrogens is 321 g/mol. The summed E-state index contributed by atoms with van der Waals surface area (Å²) in [4.78, 5) is 0. The van der Waals surface area contributed by atoms with E-state index in [0.717, 1.165) is 12.1 Å². The molecule has 0 aliphatic rings. The van der Waals surface area contributed by atoms with Crippen molar-refractivity contribution < 1.29 is 31.4 Å². The molecule has 1 aromatic carbocycles. The molecule has 1 aromatic rings. The zero-order chi connectivity index (χ0) is 15.1. The van der Waals surface area contributed by atoms with Gasteiger partial charge in [0.1, 0.15) is 0 Å². The van der Waals surface area contributed by atoms with Gasteiger partial charge in [0, 0.05) is 0 Å². The number of rotatable bonds is 2. The van der Waals surface area contributed by atoms with E-state index < -0.39 is 27.9 Å². The fourth-order valence-electron chi connectivity index (χ4n) is 1.41. The maximum atomic E-state index is 12.9. The van der Waals surface area contributed by atoms with Crippen molar-refractivity contribution in [2.45, 2.75) is 22.3 Å². The molecule has 1 rings (SSSR count). The van der Waals surface area contributed by atoms with E-state index in [9.17, 15) is 31.4 Å². The molecule has 0 saturated carbocycles. The zero-order valence-electron chi connectivity index (χ0n) is 8.86. The molecule has 0 aliphatic heterocycles. The second-order valence-corrected chi connectivity index (χ2v) is 4.97. The summed E-state index contributed by atoms with van der Waals surface area (Å²) in [6.07, 6.45) is -11.4. The Balaban J connectivity index is 3.57. The predicted molar refractivity (Wildman–Crippen MR) is 56.9 cm³/mol. The molecule has 0 heterocycles. The van der Waals surface area contributed by atoms with E-state index in [1.54, 1.807) is 0 Å². The van der Waals surface area contributed by atoms with Gasteiger partial charge in [0.25, 0.3) is 4.33 Å². The third-order valence-electron chi connectivity index (χ3n) is 2.41. The Labute approximate surface area is 113 Å². The first-order valence-electron chi connectivity index (χ1n) is 4.65. The van der Waals surface area contributed by atoms with Crippen LogP contribution in [0.1, 0.15) is 5.56 Å². The van der Waals surface area contributed by atoms with Gasteiger partial charge >= 0.3 is 12.4 Å². The minimum absolute atomic E-state index is 0.652. The third-order valence-corrected chi connectivity index (χ3v) is 3.39. The molecule has 108 valence electrons. The molecule has 0 aromatic heterocycles. The average molecular weight is 327 g/mol. The maximum Gasteiger partial charge on any atom is 0.425 e. The van der Waals surface area contributed by atoms with Gasteiger partial charge in [0.05, 0.1) is 0 Å². The summed E-state index contributed by atoms with van der Waals surface area (Å²) in [6.45, 7) is 0. The Kier molecular flexibility index (Phi) is 4.07. The minimum Gasteiger partial charge on any atom is -0.374 e. The van der Waals surface area contributed by atoms with Crippen LogP contribution >= 0.6 is 23.2 Å². The summed E-state index contributed by atoms with van der Waals surface area (Å²) < 4.78 is 72.1. The highest BCUT2D eigenvalue weighted by molar-refractivity contribution is 6.50. The van der Waals surface area contributed by atoms with Crippen molar-refractivity contribution in [2.24, 2.45) is 0 Å². The van der Waals surface area contributed by atoms with Crippen molar-refractivity contribution in [3.05, 3.63) is 35.9 Å². The van der Waals surface area contributed by atoms with Crippen LogP contribution in [0.5, 0.6) is 0 Å². The van der Waals surface area contributed by atoms with Gasteiger partial charge in [-0.2, -0.15) is 26.3 Å². The molecule has 0 bridgehead atoms. The number of benzene rings is 1. The summed E-state index contributed by atoms with van der Waals surface area (Å²) >= 11 is 9.62. The Morgan fingerprint density at radius 1 is 0.789 bits per heavy atom. The molecule has 1 N–H and O–H groups in total. The van der Waals surface area contributed by atoms with Gasteiger partial charge in [0.15, 0.2) is 0 Å². The highest BCUT2D eigenvalue weighted by Crippen LogP contribution is 2.58.